The molecule has 6 nitrogen and oxygen atoms in total. The second-order valence-corrected chi connectivity index (χ2v) is 21.1. The third kappa shape index (κ3) is 34.1. The highest BCUT2D eigenvalue weighted by molar-refractivity contribution is 5.05. The molecule has 0 aliphatic heterocycles. The van der Waals surface area contributed by atoms with Crippen LogP contribution in [0.5, 0.6) is 0 Å². The summed E-state index contributed by atoms with van der Waals surface area (Å²) in [5, 5.41) is 72.1. The summed E-state index contributed by atoms with van der Waals surface area (Å²) in [4.78, 5) is 0. The molecule has 0 aliphatic carbocycles. The first-order valence-electron chi connectivity index (χ1n) is 29.3. The van der Waals surface area contributed by atoms with Gasteiger partial charge in [-0.2, -0.15) is 0 Å². The molecular weight excluding hydrogens is 793 g/mol. The van der Waals surface area contributed by atoms with Gasteiger partial charge in [0.2, 0.25) is 0 Å². The Kier molecular flexibility index (Phi) is 46.3. The van der Waals surface area contributed by atoms with E-state index in [1.54, 1.807) is 0 Å². The molecule has 0 saturated carbocycles. The quantitative estimate of drug-likeness (QED) is 0.0338. The third-order valence-electron chi connectivity index (χ3n) is 15.0. The highest BCUT2D eigenvalue weighted by Crippen LogP contribution is 2.36. The lowest BCUT2D eigenvalue weighted by molar-refractivity contribution is -0.238. The Balaban J connectivity index is 5.51. The molecule has 0 radical (unpaired) electrons. The zero-order valence-electron chi connectivity index (χ0n) is 43.9. The van der Waals surface area contributed by atoms with Gasteiger partial charge in [0.05, 0.1) is 12.2 Å². The van der Waals surface area contributed by atoms with Gasteiger partial charge in [-0.25, -0.2) is 0 Å². The molecule has 0 rings (SSSR count). The largest absolute Gasteiger partial charge is 0.390 e. The fraction of sp³-hybridized carbons (Fsp3) is 1.00. The van der Waals surface area contributed by atoms with Crippen LogP contribution in [0.1, 0.15) is 336 Å². The lowest BCUT2D eigenvalue weighted by Crippen LogP contribution is -2.65. The maximum Gasteiger partial charge on any atom is 0.119 e. The van der Waals surface area contributed by atoms with Crippen LogP contribution in [0, 0.1) is 0 Å². The molecule has 0 bridgehead atoms. The number of rotatable bonds is 53. The van der Waals surface area contributed by atoms with Crippen LogP contribution in [-0.4, -0.2) is 66.3 Å². The Morgan fingerprint density at radius 2 is 0.391 bits per heavy atom. The van der Waals surface area contributed by atoms with Crippen LogP contribution in [0.3, 0.4) is 0 Å². The molecule has 0 amide bonds. The standard InChI is InChI=1S/C58H118O6/c1-5-9-13-17-21-25-27-29-31-33-35-39-43-47-51-57(63,53(59)49-45-41-37-23-19-15-11-7-3)55(61)56(62)58(64,54(60)50-46-42-38-24-20-16-12-8-4)52-48-44-40-36-34-32-30-28-26-22-18-14-10-6-2/h53-56,59-64H,5-52H2,1-4H3/t53?,54?,55-,56-,57+,58+/m0/s1. The van der Waals surface area contributed by atoms with Gasteiger partial charge in [-0.1, -0.05) is 310 Å². The lowest BCUT2D eigenvalue weighted by atomic mass is 9.73. The summed E-state index contributed by atoms with van der Waals surface area (Å²) in [6.45, 7) is 8.99. The molecule has 6 atom stereocenters. The van der Waals surface area contributed by atoms with Crippen LogP contribution >= 0.6 is 0 Å². The third-order valence-corrected chi connectivity index (χ3v) is 15.0. The van der Waals surface area contributed by atoms with E-state index in [9.17, 15) is 30.6 Å². The fourth-order valence-corrected chi connectivity index (χ4v) is 10.2. The molecule has 64 heavy (non-hydrogen) atoms. The minimum atomic E-state index is -1.97. The summed E-state index contributed by atoms with van der Waals surface area (Å²) in [5.74, 6) is 0. The normalized spacial score (nSPS) is 15.8. The summed E-state index contributed by atoms with van der Waals surface area (Å²) in [5.41, 5.74) is -3.95. The molecule has 0 aliphatic rings. The van der Waals surface area contributed by atoms with Gasteiger partial charge in [0.1, 0.15) is 23.4 Å². The van der Waals surface area contributed by atoms with Crippen molar-refractivity contribution in [3.8, 4) is 0 Å². The SMILES string of the molecule is CCCCCCCCCCCCCCCC[C@@](O)(C(O)CCCCCCCCCC)[C@@H](O)[C@H](O)[C@@](O)(CCCCCCCCCCCCCCCC)C(O)CCCCCCCCCC. The zero-order valence-corrected chi connectivity index (χ0v) is 43.9. The Hall–Kier alpha value is -0.240. The second kappa shape index (κ2) is 46.5. The number of hydrogen-bond acceptors (Lipinski definition) is 6. The summed E-state index contributed by atoms with van der Waals surface area (Å²) >= 11 is 0. The molecule has 0 fully saturated rings. The van der Waals surface area contributed by atoms with E-state index in [1.807, 2.05) is 0 Å². The van der Waals surface area contributed by atoms with Crippen molar-refractivity contribution < 1.29 is 30.6 Å². The Bertz CT molecular complexity index is 845. The predicted octanol–water partition coefficient (Wildman–Crippen LogP) is 16.7. The first kappa shape index (κ1) is 63.8. The Morgan fingerprint density at radius 3 is 0.578 bits per heavy atom. The van der Waals surface area contributed by atoms with Gasteiger partial charge in [0.25, 0.3) is 0 Å². The molecule has 6 N–H and O–H groups in total. The number of aliphatic hydroxyl groups is 6. The minimum Gasteiger partial charge on any atom is -0.390 e. The Morgan fingerprint density at radius 1 is 0.234 bits per heavy atom. The van der Waals surface area contributed by atoms with E-state index in [4.69, 9.17) is 0 Å². The molecule has 0 aromatic rings. The van der Waals surface area contributed by atoms with Crippen molar-refractivity contribution in [1.29, 1.82) is 0 Å². The average molecular weight is 912 g/mol. The lowest BCUT2D eigenvalue weighted by Gasteiger charge is -2.46. The van der Waals surface area contributed by atoms with Crippen LogP contribution in [0.25, 0.3) is 0 Å². The molecule has 2 unspecified atom stereocenters. The van der Waals surface area contributed by atoms with Crippen molar-refractivity contribution >= 4 is 0 Å². The van der Waals surface area contributed by atoms with Gasteiger partial charge in [-0.3, -0.25) is 0 Å². The van der Waals surface area contributed by atoms with Gasteiger partial charge < -0.3 is 30.6 Å². The van der Waals surface area contributed by atoms with E-state index in [1.165, 1.54) is 193 Å². The van der Waals surface area contributed by atoms with Gasteiger partial charge in [0, 0.05) is 0 Å². The van der Waals surface area contributed by atoms with Gasteiger partial charge >= 0.3 is 0 Å². The first-order valence-corrected chi connectivity index (χ1v) is 29.3. The molecule has 386 valence electrons. The summed E-state index contributed by atoms with van der Waals surface area (Å²) in [6, 6.07) is 0. The summed E-state index contributed by atoms with van der Waals surface area (Å²) in [7, 11) is 0. The molecule has 0 heterocycles. The molecule has 0 aromatic heterocycles. The molecule has 0 aromatic carbocycles. The van der Waals surface area contributed by atoms with E-state index >= 15 is 0 Å². The maximum atomic E-state index is 12.3. The van der Waals surface area contributed by atoms with E-state index in [2.05, 4.69) is 27.7 Å². The topological polar surface area (TPSA) is 121 Å². The van der Waals surface area contributed by atoms with E-state index < -0.39 is 35.6 Å². The van der Waals surface area contributed by atoms with Crippen molar-refractivity contribution in [3.63, 3.8) is 0 Å². The maximum absolute atomic E-state index is 12.3. The van der Waals surface area contributed by atoms with Crippen molar-refractivity contribution in [2.75, 3.05) is 0 Å². The monoisotopic (exact) mass is 911 g/mol. The van der Waals surface area contributed by atoms with E-state index in [0.29, 0.717) is 25.7 Å². The summed E-state index contributed by atoms with van der Waals surface area (Å²) < 4.78 is 0. The molecular formula is C58H118O6. The first-order chi connectivity index (χ1) is 31.1. The highest BCUT2D eigenvalue weighted by Gasteiger charge is 2.53. The average Bonchev–Trinajstić information content (AvgIpc) is 3.30. The number of hydrogen-bond donors (Lipinski definition) is 6. The van der Waals surface area contributed by atoms with Crippen LogP contribution in [0.4, 0.5) is 0 Å². The van der Waals surface area contributed by atoms with Crippen LogP contribution in [0.15, 0.2) is 0 Å². The van der Waals surface area contributed by atoms with Crippen molar-refractivity contribution in [2.45, 2.75) is 372 Å². The molecule has 0 saturated heterocycles. The smallest absolute Gasteiger partial charge is 0.119 e. The molecule has 6 heteroatoms. The predicted molar refractivity (Wildman–Crippen MR) is 278 cm³/mol. The minimum absolute atomic E-state index is 0.157. The Labute approximate surface area is 400 Å². The van der Waals surface area contributed by atoms with E-state index in [-0.39, 0.29) is 12.8 Å². The van der Waals surface area contributed by atoms with Gasteiger partial charge in [-0.15, -0.1) is 0 Å². The van der Waals surface area contributed by atoms with Crippen molar-refractivity contribution in [2.24, 2.45) is 0 Å². The van der Waals surface area contributed by atoms with Crippen LogP contribution < -0.4 is 0 Å². The van der Waals surface area contributed by atoms with Gasteiger partial charge in [0.15, 0.2) is 0 Å². The molecule has 0 spiro atoms. The van der Waals surface area contributed by atoms with Gasteiger partial charge in [-0.05, 0) is 25.7 Å². The number of aliphatic hydroxyl groups excluding tert-OH is 4. The van der Waals surface area contributed by atoms with Crippen LogP contribution in [-0.2, 0) is 0 Å². The number of unbranched alkanes of at least 4 members (excludes halogenated alkanes) is 40. The zero-order chi connectivity index (χ0) is 47.3. The second-order valence-electron chi connectivity index (χ2n) is 21.1. The van der Waals surface area contributed by atoms with Crippen molar-refractivity contribution in [3.05, 3.63) is 0 Å². The summed E-state index contributed by atoms with van der Waals surface area (Å²) in [6.07, 6.45) is 46.7. The van der Waals surface area contributed by atoms with Crippen LogP contribution in [0.2, 0.25) is 0 Å². The van der Waals surface area contributed by atoms with Crippen molar-refractivity contribution in [1.82, 2.24) is 0 Å². The fourth-order valence-electron chi connectivity index (χ4n) is 10.2. The highest BCUT2D eigenvalue weighted by atomic mass is 16.4. The van der Waals surface area contributed by atoms with E-state index in [0.717, 1.165) is 77.0 Å².